The molecule has 0 amide bonds. The molecule has 0 aliphatic rings. The zero-order chi connectivity index (χ0) is 7.11. The highest BCUT2D eigenvalue weighted by Gasteiger charge is 1.85. The highest BCUT2D eigenvalue weighted by atomic mass is 35.5. The summed E-state index contributed by atoms with van der Waals surface area (Å²) in [6.07, 6.45) is 1.66. The predicted octanol–water partition coefficient (Wildman–Crippen LogP) is 1.52. The van der Waals surface area contributed by atoms with Crippen molar-refractivity contribution < 1.29 is 9.53 Å². The summed E-state index contributed by atoms with van der Waals surface area (Å²) >= 11 is 10.5. The summed E-state index contributed by atoms with van der Waals surface area (Å²) in [5, 5.41) is 0.0418. The third-order valence-corrected chi connectivity index (χ3v) is 0.836. The van der Waals surface area contributed by atoms with Gasteiger partial charge in [-0.1, -0.05) is 11.6 Å². The lowest BCUT2D eigenvalue weighted by Gasteiger charge is -1.92. The van der Waals surface area contributed by atoms with Crippen LogP contribution in [-0.4, -0.2) is 18.8 Å². The number of aldehydes is 1. The zero-order valence-corrected chi connectivity index (χ0v) is 6.15. The van der Waals surface area contributed by atoms with Crippen molar-refractivity contribution in [3.63, 3.8) is 0 Å². The summed E-state index contributed by atoms with van der Waals surface area (Å²) in [5.41, 5.74) is 0. The number of carbonyl (C=O) groups is 1. The van der Waals surface area contributed by atoms with Gasteiger partial charge < -0.3 is 4.74 Å². The van der Waals surface area contributed by atoms with E-state index in [2.05, 4.69) is 4.74 Å². The average molecular weight is 169 g/mol. The Bertz CT molecular complexity index is 112. The van der Waals surface area contributed by atoms with Crippen LogP contribution in [0.5, 0.6) is 0 Å². The van der Waals surface area contributed by atoms with Gasteiger partial charge in [0.25, 0.3) is 0 Å². The number of halogens is 2. The fraction of sp³-hybridized carbons (Fsp3) is 0.400. The second kappa shape index (κ2) is 5.92. The molecule has 0 aromatic carbocycles. The molecule has 0 N–H and O–H groups in total. The summed E-state index contributed by atoms with van der Waals surface area (Å²) in [7, 11) is 0. The number of ether oxygens (including phenoxy) is 1. The largest absolute Gasteiger partial charge is 0.498 e. The Labute approximate surface area is 63.4 Å². The second-order valence-electron chi connectivity index (χ2n) is 1.18. The number of hydrogen-bond acceptors (Lipinski definition) is 2. The minimum atomic E-state index is 0.0418. The van der Waals surface area contributed by atoms with Gasteiger partial charge in [0, 0.05) is 0 Å². The molecule has 2 nitrogen and oxygen atoms in total. The van der Waals surface area contributed by atoms with Gasteiger partial charge in [0.2, 0.25) is 0 Å². The lowest BCUT2D eigenvalue weighted by molar-refractivity contribution is -0.104. The van der Waals surface area contributed by atoms with Gasteiger partial charge in [0.1, 0.15) is 17.9 Å². The van der Waals surface area contributed by atoms with Crippen molar-refractivity contribution in [3.8, 4) is 0 Å². The molecule has 0 atom stereocenters. The molecule has 52 valence electrons. The van der Waals surface area contributed by atoms with Gasteiger partial charge in [-0.2, -0.15) is 0 Å². The first-order valence-corrected chi connectivity index (χ1v) is 3.21. The van der Waals surface area contributed by atoms with E-state index < -0.39 is 0 Å². The van der Waals surface area contributed by atoms with Gasteiger partial charge in [-0.15, -0.1) is 11.6 Å². The van der Waals surface area contributed by atoms with E-state index >= 15 is 0 Å². The second-order valence-corrected chi connectivity index (χ2v) is 1.99. The lowest BCUT2D eigenvalue weighted by atomic mass is 10.7. The van der Waals surface area contributed by atoms with Crippen molar-refractivity contribution in [2.45, 2.75) is 0 Å². The lowest BCUT2D eigenvalue weighted by Crippen LogP contribution is -1.87. The van der Waals surface area contributed by atoms with Gasteiger partial charge in [-0.05, 0) is 0 Å². The maximum Gasteiger partial charge on any atom is 0.164 e. The molecule has 0 aliphatic carbocycles. The zero-order valence-electron chi connectivity index (χ0n) is 4.64. The number of rotatable bonds is 4. The van der Waals surface area contributed by atoms with Gasteiger partial charge in [0.05, 0.1) is 5.88 Å². The van der Waals surface area contributed by atoms with Crippen LogP contribution in [0, 0.1) is 0 Å². The Balaban J connectivity index is 3.31. The molecule has 0 saturated heterocycles. The molecule has 4 heteroatoms. The first kappa shape index (κ1) is 8.79. The molecule has 0 unspecified atom stereocenters. The SMILES string of the molecule is O=C/C(Cl)=C\OCCCl. The van der Waals surface area contributed by atoms with Crippen LogP contribution in [0.3, 0.4) is 0 Å². The van der Waals surface area contributed by atoms with Gasteiger partial charge in [0.15, 0.2) is 6.29 Å². The molecule has 0 radical (unpaired) electrons. The van der Waals surface area contributed by atoms with E-state index in [-0.39, 0.29) is 5.03 Å². The molecular weight excluding hydrogens is 163 g/mol. The maximum atomic E-state index is 9.79. The van der Waals surface area contributed by atoms with E-state index in [4.69, 9.17) is 23.2 Å². The summed E-state index contributed by atoms with van der Waals surface area (Å²) in [6.45, 7) is 0.367. The normalized spacial score (nSPS) is 11.1. The Hall–Kier alpha value is -0.210. The highest BCUT2D eigenvalue weighted by molar-refractivity contribution is 6.38. The van der Waals surface area contributed by atoms with Crippen molar-refractivity contribution in [1.29, 1.82) is 0 Å². The average Bonchev–Trinajstić information content (AvgIpc) is 1.89. The Kier molecular flexibility index (Phi) is 5.78. The minimum absolute atomic E-state index is 0.0418. The first-order valence-electron chi connectivity index (χ1n) is 2.29. The highest BCUT2D eigenvalue weighted by Crippen LogP contribution is 1.95. The van der Waals surface area contributed by atoms with E-state index in [1.54, 1.807) is 0 Å². The van der Waals surface area contributed by atoms with Crippen molar-refractivity contribution in [2.24, 2.45) is 0 Å². The fourth-order valence-electron chi connectivity index (χ4n) is 0.211. The molecule has 9 heavy (non-hydrogen) atoms. The third-order valence-electron chi connectivity index (χ3n) is 0.504. The van der Waals surface area contributed by atoms with E-state index in [0.29, 0.717) is 18.8 Å². The fourth-order valence-corrected chi connectivity index (χ4v) is 0.363. The molecule has 0 aromatic rings. The smallest absolute Gasteiger partial charge is 0.164 e. The molecule has 0 spiro atoms. The molecular formula is C5H6Cl2O2. The Morgan fingerprint density at radius 3 is 2.78 bits per heavy atom. The number of carbonyl (C=O) groups excluding carboxylic acids is 1. The summed E-state index contributed by atoms with van der Waals surface area (Å²) < 4.78 is 4.68. The molecule has 0 aliphatic heterocycles. The molecule has 0 saturated carbocycles. The van der Waals surface area contributed by atoms with Gasteiger partial charge in [-0.3, -0.25) is 4.79 Å². The van der Waals surface area contributed by atoms with Crippen LogP contribution in [0.2, 0.25) is 0 Å². The number of alkyl halides is 1. The van der Waals surface area contributed by atoms with Crippen LogP contribution in [0.1, 0.15) is 0 Å². The van der Waals surface area contributed by atoms with Crippen molar-refractivity contribution >= 4 is 29.5 Å². The van der Waals surface area contributed by atoms with E-state index in [1.807, 2.05) is 0 Å². The monoisotopic (exact) mass is 168 g/mol. The number of allylic oxidation sites excluding steroid dienone is 1. The molecule has 0 bridgehead atoms. The van der Waals surface area contributed by atoms with Gasteiger partial charge in [-0.25, -0.2) is 0 Å². The molecule has 0 heterocycles. The van der Waals surface area contributed by atoms with Crippen LogP contribution in [-0.2, 0) is 9.53 Å². The van der Waals surface area contributed by atoms with E-state index in [9.17, 15) is 4.79 Å². The molecule has 0 fully saturated rings. The summed E-state index contributed by atoms with van der Waals surface area (Å²) in [5.74, 6) is 0.388. The van der Waals surface area contributed by atoms with E-state index in [0.717, 1.165) is 6.26 Å². The quantitative estimate of drug-likeness (QED) is 0.209. The topological polar surface area (TPSA) is 26.3 Å². The number of hydrogen-bond donors (Lipinski definition) is 0. The Morgan fingerprint density at radius 2 is 2.33 bits per heavy atom. The van der Waals surface area contributed by atoms with Gasteiger partial charge >= 0.3 is 0 Å². The summed E-state index contributed by atoms with van der Waals surface area (Å²) in [6, 6.07) is 0. The predicted molar refractivity (Wildman–Crippen MR) is 36.7 cm³/mol. The molecule has 0 aromatic heterocycles. The van der Waals surface area contributed by atoms with Crippen LogP contribution < -0.4 is 0 Å². The first-order chi connectivity index (χ1) is 4.31. The summed E-state index contributed by atoms with van der Waals surface area (Å²) in [4.78, 5) is 9.79. The van der Waals surface area contributed by atoms with Crippen LogP contribution in [0.4, 0.5) is 0 Å². The minimum Gasteiger partial charge on any atom is -0.498 e. The van der Waals surface area contributed by atoms with E-state index in [1.165, 1.54) is 0 Å². The van der Waals surface area contributed by atoms with Crippen LogP contribution in [0.25, 0.3) is 0 Å². The maximum absolute atomic E-state index is 9.79. The van der Waals surface area contributed by atoms with Crippen molar-refractivity contribution in [3.05, 3.63) is 11.3 Å². The third kappa shape index (κ3) is 5.66. The standard InChI is InChI=1S/C5H6Cl2O2/c6-1-2-9-4-5(7)3-8/h3-4H,1-2H2/b5-4+. The van der Waals surface area contributed by atoms with Crippen LogP contribution >= 0.6 is 23.2 Å². The molecule has 0 rings (SSSR count). The Morgan fingerprint density at radius 1 is 1.67 bits per heavy atom. The van der Waals surface area contributed by atoms with Crippen molar-refractivity contribution in [1.82, 2.24) is 0 Å². The van der Waals surface area contributed by atoms with Crippen molar-refractivity contribution in [2.75, 3.05) is 12.5 Å². The van der Waals surface area contributed by atoms with Crippen LogP contribution in [0.15, 0.2) is 11.3 Å².